The number of anilines is 1. The molecule has 0 amide bonds. The molecule has 0 aliphatic rings. The largest absolute Gasteiger partial charge is 0.366 e. The lowest BCUT2D eigenvalue weighted by Crippen LogP contribution is -2.02. The van der Waals surface area contributed by atoms with E-state index in [4.69, 9.17) is 0 Å². The number of aromatic nitrogens is 4. The fourth-order valence-electron chi connectivity index (χ4n) is 1.96. The van der Waals surface area contributed by atoms with Gasteiger partial charge in [-0.15, -0.1) is 0 Å². The summed E-state index contributed by atoms with van der Waals surface area (Å²) < 4.78 is 0. The lowest BCUT2D eigenvalue weighted by molar-refractivity contribution is 1.05. The van der Waals surface area contributed by atoms with Crippen molar-refractivity contribution in [3.8, 4) is 11.3 Å². The fourth-order valence-corrected chi connectivity index (χ4v) is 1.96. The van der Waals surface area contributed by atoms with E-state index in [2.05, 4.69) is 49.7 Å². The Kier molecular flexibility index (Phi) is 3.41. The van der Waals surface area contributed by atoms with Gasteiger partial charge < -0.3 is 5.32 Å². The molecular formula is C15H15N5. The number of nitrogens with one attached hydrogen (secondary N) is 2. The zero-order valence-electron chi connectivity index (χ0n) is 11.2. The molecule has 5 nitrogen and oxygen atoms in total. The van der Waals surface area contributed by atoms with Crippen molar-refractivity contribution in [2.75, 3.05) is 5.32 Å². The van der Waals surface area contributed by atoms with E-state index in [0.29, 0.717) is 0 Å². The molecule has 2 N–H and O–H groups in total. The molecule has 2 heterocycles. The van der Waals surface area contributed by atoms with Gasteiger partial charge in [-0.3, -0.25) is 5.10 Å². The lowest BCUT2D eigenvalue weighted by Gasteiger charge is -2.06. The summed E-state index contributed by atoms with van der Waals surface area (Å²) in [5.41, 5.74) is 4.31. The van der Waals surface area contributed by atoms with Gasteiger partial charge in [0.1, 0.15) is 12.1 Å². The summed E-state index contributed by atoms with van der Waals surface area (Å²) in [6, 6.07) is 12.2. The Morgan fingerprint density at radius 1 is 1.10 bits per heavy atom. The molecule has 0 atom stereocenters. The number of H-pyrrole nitrogens is 1. The maximum Gasteiger partial charge on any atom is 0.129 e. The summed E-state index contributed by atoms with van der Waals surface area (Å²) in [5, 5.41) is 10.2. The summed E-state index contributed by atoms with van der Waals surface area (Å²) in [6.45, 7) is 2.69. The van der Waals surface area contributed by atoms with Gasteiger partial charge >= 0.3 is 0 Å². The van der Waals surface area contributed by atoms with Crippen LogP contribution in [0.15, 0.2) is 48.9 Å². The molecule has 3 rings (SSSR count). The molecule has 0 spiro atoms. The van der Waals surface area contributed by atoms with Gasteiger partial charge in [0, 0.05) is 24.5 Å². The highest BCUT2D eigenvalue weighted by molar-refractivity contribution is 5.58. The third-order valence-corrected chi connectivity index (χ3v) is 3.04. The van der Waals surface area contributed by atoms with Gasteiger partial charge in [-0.25, -0.2) is 9.97 Å². The van der Waals surface area contributed by atoms with E-state index in [9.17, 15) is 0 Å². The minimum absolute atomic E-state index is 0.736. The Labute approximate surface area is 117 Å². The average Bonchev–Trinajstić information content (AvgIpc) is 3.00. The van der Waals surface area contributed by atoms with Crippen molar-refractivity contribution in [2.24, 2.45) is 0 Å². The molecule has 0 aliphatic heterocycles. The zero-order valence-corrected chi connectivity index (χ0v) is 11.2. The second kappa shape index (κ2) is 5.52. The topological polar surface area (TPSA) is 66.5 Å². The molecule has 0 radical (unpaired) electrons. The van der Waals surface area contributed by atoms with Crippen LogP contribution in [0.5, 0.6) is 0 Å². The summed E-state index contributed by atoms with van der Waals surface area (Å²) in [7, 11) is 0. The first-order valence-corrected chi connectivity index (χ1v) is 6.42. The van der Waals surface area contributed by atoms with Crippen molar-refractivity contribution in [2.45, 2.75) is 13.5 Å². The third-order valence-electron chi connectivity index (χ3n) is 3.04. The second-order valence-corrected chi connectivity index (χ2v) is 4.57. The molecular weight excluding hydrogens is 250 g/mol. The van der Waals surface area contributed by atoms with Crippen molar-refractivity contribution in [1.82, 2.24) is 20.2 Å². The highest BCUT2D eigenvalue weighted by Gasteiger charge is 2.00. The van der Waals surface area contributed by atoms with Crippen LogP contribution in [0.3, 0.4) is 0 Å². The predicted octanol–water partition coefficient (Wildman–Crippen LogP) is 2.79. The van der Waals surface area contributed by atoms with E-state index in [1.54, 1.807) is 12.5 Å². The van der Waals surface area contributed by atoms with Gasteiger partial charge in [-0.05, 0) is 24.1 Å². The number of nitrogens with zero attached hydrogens (tertiary/aromatic N) is 3. The smallest absolute Gasteiger partial charge is 0.129 e. The lowest BCUT2D eigenvalue weighted by atomic mass is 10.1. The summed E-state index contributed by atoms with van der Waals surface area (Å²) in [6.07, 6.45) is 3.32. The van der Waals surface area contributed by atoms with Gasteiger partial charge in [0.25, 0.3) is 0 Å². The highest BCUT2D eigenvalue weighted by Crippen LogP contribution is 2.17. The highest BCUT2D eigenvalue weighted by atomic mass is 15.1. The predicted molar refractivity (Wildman–Crippen MR) is 78.1 cm³/mol. The molecule has 0 unspecified atom stereocenters. The van der Waals surface area contributed by atoms with Crippen molar-refractivity contribution in [3.63, 3.8) is 0 Å². The average molecular weight is 265 g/mol. The fraction of sp³-hybridized carbons (Fsp3) is 0.133. The summed E-state index contributed by atoms with van der Waals surface area (Å²) in [4.78, 5) is 8.25. The SMILES string of the molecule is Cc1cc(NCc2ccc(-c3ccn[nH]3)cc2)ncn1. The molecule has 0 fully saturated rings. The van der Waals surface area contributed by atoms with Crippen LogP contribution >= 0.6 is 0 Å². The molecule has 3 aromatic rings. The van der Waals surface area contributed by atoms with Crippen LogP contribution in [0.25, 0.3) is 11.3 Å². The Hall–Kier alpha value is -2.69. The number of aryl methyl sites for hydroxylation is 1. The molecule has 0 saturated carbocycles. The van der Waals surface area contributed by atoms with Crippen LogP contribution in [0.4, 0.5) is 5.82 Å². The number of aromatic amines is 1. The molecule has 0 saturated heterocycles. The third kappa shape index (κ3) is 2.83. The molecule has 0 bridgehead atoms. The first kappa shape index (κ1) is 12.3. The van der Waals surface area contributed by atoms with Crippen molar-refractivity contribution < 1.29 is 0 Å². The Bertz CT molecular complexity index is 674. The van der Waals surface area contributed by atoms with Crippen LogP contribution in [0, 0.1) is 6.92 Å². The van der Waals surface area contributed by atoms with Gasteiger partial charge in [0.15, 0.2) is 0 Å². The van der Waals surface area contributed by atoms with Crippen LogP contribution in [-0.2, 0) is 6.54 Å². The Morgan fingerprint density at radius 3 is 2.65 bits per heavy atom. The van der Waals surface area contributed by atoms with Crippen molar-refractivity contribution >= 4 is 5.82 Å². The van der Waals surface area contributed by atoms with E-state index in [0.717, 1.165) is 29.3 Å². The number of benzene rings is 1. The van der Waals surface area contributed by atoms with Gasteiger partial charge in [0.05, 0.1) is 5.69 Å². The first-order chi connectivity index (χ1) is 9.81. The quantitative estimate of drug-likeness (QED) is 0.761. The second-order valence-electron chi connectivity index (χ2n) is 4.57. The van der Waals surface area contributed by atoms with E-state index in [1.165, 1.54) is 5.56 Å². The van der Waals surface area contributed by atoms with Gasteiger partial charge in [-0.1, -0.05) is 24.3 Å². The monoisotopic (exact) mass is 265 g/mol. The minimum atomic E-state index is 0.736. The van der Waals surface area contributed by atoms with E-state index in [1.807, 2.05) is 19.1 Å². The Morgan fingerprint density at radius 2 is 1.95 bits per heavy atom. The normalized spacial score (nSPS) is 10.4. The first-order valence-electron chi connectivity index (χ1n) is 6.42. The van der Waals surface area contributed by atoms with E-state index in [-0.39, 0.29) is 0 Å². The standard InChI is InChI=1S/C15H15N5/c1-11-8-15(18-10-17-11)16-9-12-2-4-13(5-3-12)14-6-7-19-20-14/h2-8,10H,9H2,1H3,(H,19,20)(H,16,17,18). The van der Waals surface area contributed by atoms with Crippen LogP contribution in [-0.4, -0.2) is 20.2 Å². The Balaban J connectivity index is 1.67. The maximum absolute atomic E-state index is 4.18. The number of hydrogen-bond acceptors (Lipinski definition) is 4. The maximum atomic E-state index is 4.18. The molecule has 100 valence electrons. The molecule has 1 aromatic carbocycles. The van der Waals surface area contributed by atoms with Gasteiger partial charge in [0.2, 0.25) is 0 Å². The minimum Gasteiger partial charge on any atom is -0.366 e. The van der Waals surface area contributed by atoms with Gasteiger partial charge in [-0.2, -0.15) is 5.10 Å². The molecule has 20 heavy (non-hydrogen) atoms. The molecule has 0 aliphatic carbocycles. The molecule has 5 heteroatoms. The molecule has 2 aromatic heterocycles. The number of hydrogen-bond donors (Lipinski definition) is 2. The number of rotatable bonds is 4. The van der Waals surface area contributed by atoms with E-state index < -0.39 is 0 Å². The van der Waals surface area contributed by atoms with Crippen molar-refractivity contribution in [3.05, 3.63) is 60.2 Å². The summed E-state index contributed by atoms with van der Waals surface area (Å²) in [5.74, 6) is 0.843. The zero-order chi connectivity index (χ0) is 13.8. The van der Waals surface area contributed by atoms with Crippen LogP contribution in [0.1, 0.15) is 11.3 Å². The van der Waals surface area contributed by atoms with Crippen LogP contribution in [0.2, 0.25) is 0 Å². The van der Waals surface area contributed by atoms with Crippen LogP contribution < -0.4 is 5.32 Å². The van der Waals surface area contributed by atoms with Crippen molar-refractivity contribution in [1.29, 1.82) is 0 Å². The summed E-state index contributed by atoms with van der Waals surface area (Å²) >= 11 is 0. The van der Waals surface area contributed by atoms with E-state index >= 15 is 0 Å².